The first-order valence-electron chi connectivity index (χ1n) is 7.00. The second-order valence-corrected chi connectivity index (χ2v) is 9.02. The highest BCUT2D eigenvalue weighted by molar-refractivity contribution is 7.90. The highest BCUT2D eigenvalue weighted by Crippen LogP contribution is 2.33. The number of rotatable bonds is 4. The normalized spacial score (nSPS) is 21.6. The molecule has 1 aliphatic carbocycles. The Morgan fingerprint density at radius 2 is 1.85 bits per heavy atom. The molecule has 8 heteroatoms. The zero-order chi connectivity index (χ0) is 14.3. The van der Waals surface area contributed by atoms with Crippen LogP contribution in [0.1, 0.15) is 30.7 Å². The summed E-state index contributed by atoms with van der Waals surface area (Å²) in [5.74, 6) is 0. The van der Waals surface area contributed by atoms with Gasteiger partial charge in [0.25, 0.3) is 0 Å². The third-order valence-corrected chi connectivity index (χ3v) is 7.43. The van der Waals surface area contributed by atoms with Crippen molar-refractivity contribution in [3.05, 3.63) is 5.01 Å². The third-order valence-electron chi connectivity index (χ3n) is 4.11. The molecule has 1 saturated heterocycles. The van der Waals surface area contributed by atoms with Crippen LogP contribution < -0.4 is 4.90 Å². The van der Waals surface area contributed by atoms with Gasteiger partial charge in [0.2, 0.25) is 15.2 Å². The minimum atomic E-state index is -3.05. The molecule has 1 aromatic rings. The van der Waals surface area contributed by atoms with Crippen molar-refractivity contribution in [2.45, 2.75) is 43.9 Å². The number of sulfonamides is 1. The number of piperidine rings is 1. The highest BCUT2D eigenvalue weighted by atomic mass is 32.2. The summed E-state index contributed by atoms with van der Waals surface area (Å²) in [7, 11) is -1.31. The molecule has 2 aliphatic rings. The predicted octanol–water partition coefficient (Wildman–Crippen LogP) is 1.24. The average molecular weight is 316 g/mol. The molecule has 2 fully saturated rings. The van der Waals surface area contributed by atoms with E-state index in [4.69, 9.17) is 0 Å². The Morgan fingerprint density at radius 1 is 1.20 bits per heavy atom. The lowest BCUT2D eigenvalue weighted by Crippen LogP contribution is -2.46. The summed E-state index contributed by atoms with van der Waals surface area (Å²) in [5.41, 5.74) is 0. The first-order chi connectivity index (χ1) is 9.48. The number of aryl methyl sites for hydroxylation is 1. The molecule has 0 aromatic carbocycles. The van der Waals surface area contributed by atoms with E-state index < -0.39 is 10.0 Å². The van der Waals surface area contributed by atoms with E-state index in [9.17, 15) is 8.42 Å². The zero-order valence-electron chi connectivity index (χ0n) is 11.8. The van der Waals surface area contributed by atoms with E-state index in [0.717, 1.165) is 48.9 Å². The molecule has 0 N–H and O–H groups in total. The van der Waals surface area contributed by atoms with E-state index in [1.165, 1.54) is 0 Å². The minimum absolute atomic E-state index is 0.114. The van der Waals surface area contributed by atoms with Crippen LogP contribution in [0.25, 0.3) is 0 Å². The molecule has 1 aliphatic heterocycles. The van der Waals surface area contributed by atoms with Crippen molar-refractivity contribution in [1.82, 2.24) is 14.5 Å². The van der Waals surface area contributed by atoms with Crippen LogP contribution in [0, 0.1) is 6.92 Å². The van der Waals surface area contributed by atoms with Crippen LogP contribution in [0.4, 0.5) is 5.13 Å². The fraction of sp³-hybridized carbons (Fsp3) is 0.833. The maximum atomic E-state index is 12.2. The van der Waals surface area contributed by atoms with Crippen LogP contribution in [0.2, 0.25) is 0 Å². The third kappa shape index (κ3) is 2.68. The maximum Gasteiger partial charge on any atom is 0.216 e. The minimum Gasteiger partial charge on any atom is -0.347 e. The summed E-state index contributed by atoms with van der Waals surface area (Å²) in [4.78, 5) is 2.21. The molecule has 2 heterocycles. The van der Waals surface area contributed by atoms with Crippen LogP contribution in [-0.2, 0) is 10.0 Å². The average Bonchev–Trinajstić information content (AvgIpc) is 3.21. The Morgan fingerprint density at radius 3 is 2.35 bits per heavy atom. The van der Waals surface area contributed by atoms with Crippen molar-refractivity contribution in [3.8, 4) is 0 Å². The Kier molecular flexibility index (Phi) is 3.72. The first kappa shape index (κ1) is 14.2. The van der Waals surface area contributed by atoms with Gasteiger partial charge in [-0.25, -0.2) is 12.7 Å². The quantitative estimate of drug-likeness (QED) is 0.836. The second-order valence-electron chi connectivity index (χ2n) is 5.58. The van der Waals surface area contributed by atoms with Crippen LogP contribution in [0.15, 0.2) is 0 Å². The van der Waals surface area contributed by atoms with Gasteiger partial charge in [0, 0.05) is 26.2 Å². The molecule has 0 amide bonds. The van der Waals surface area contributed by atoms with Gasteiger partial charge >= 0.3 is 0 Å². The van der Waals surface area contributed by atoms with Crippen LogP contribution in [-0.4, -0.2) is 54.3 Å². The molecule has 1 saturated carbocycles. The molecule has 0 radical (unpaired) electrons. The van der Waals surface area contributed by atoms with Crippen molar-refractivity contribution in [3.63, 3.8) is 0 Å². The lowest BCUT2D eigenvalue weighted by molar-refractivity contribution is 0.311. The molecular weight excluding hydrogens is 296 g/mol. The summed E-state index contributed by atoms with van der Waals surface area (Å²) in [5, 5.41) is 10.0. The van der Waals surface area contributed by atoms with Crippen LogP contribution in [0.5, 0.6) is 0 Å². The predicted molar refractivity (Wildman–Crippen MR) is 79.6 cm³/mol. The van der Waals surface area contributed by atoms with Gasteiger partial charge in [0.1, 0.15) is 5.01 Å². The number of aromatic nitrogens is 2. The van der Waals surface area contributed by atoms with Crippen molar-refractivity contribution < 1.29 is 8.42 Å². The lowest BCUT2D eigenvalue weighted by Gasteiger charge is -2.35. The zero-order valence-corrected chi connectivity index (χ0v) is 13.5. The van der Waals surface area contributed by atoms with Gasteiger partial charge in [0.15, 0.2) is 0 Å². The summed E-state index contributed by atoms with van der Waals surface area (Å²) in [6.07, 6.45) is 3.38. The Labute approximate surface area is 123 Å². The number of nitrogens with zero attached hydrogens (tertiary/aromatic N) is 4. The van der Waals surface area contributed by atoms with Gasteiger partial charge in [-0.05, 0) is 32.6 Å². The molecule has 112 valence electrons. The summed E-state index contributed by atoms with van der Waals surface area (Å²) >= 11 is 1.60. The Balaban J connectivity index is 1.61. The molecular formula is C12H20N4O2S2. The summed E-state index contributed by atoms with van der Waals surface area (Å²) in [6.45, 7) is 3.65. The molecule has 1 aromatic heterocycles. The standard InChI is InChI=1S/C12H20N4O2S2/c1-9-13-14-12(19-9)16-7-5-10(6-8-16)15(2)20(17,18)11-3-4-11/h10-11H,3-8H2,1-2H3. The fourth-order valence-electron chi connectivity index (χ4n) is 2.64. The monoisotopic (exact) mass is 316 g/mol. The smallest absolute Gasteiger partial charge is 0.216 e. The summed E-state index contributed by atoms with van der Waals surface area (Å²) in [6, 6.07) is 0.130. The molecule has 0 spiro atoms. The van der Waals surface area contributed by atoms with Crippen molar-refractivity contribution in [1.29, 1.82) is 0 Å². The van der Waals surface area contributed by atoms with Gasteiger partial charge in [0.05, 0.1) is 5.25 Å². The van der Waals surface area contributed by atoms with Crippen LogP contribution >= 0.6 is 11.3 Å². The number of anilines is 1. The van der Waals surface area contributed by atoms with Gasteiger partial charge in [-0.15, -0.1) is 10.2 Å². The van der Waals surface area contributed by atoms with Gasteiger partial charge < -0.3 is 4.90 Å². The van der Waals surface area contributed by atoms with E-state index >= 15 is 0 Å². The Bertz CT molecular complexity index is 574. The Hall–Kier alpha value is -0.730. The number of hydrogen-bond acceptors (Lipinski definition) is 6. The van der Waals surface area contributed by atoms with E-state index in [2.05, 4.69) is 15.1 Å². The first-order valence-corrected chi connectivity index (χ1v) is 9.32. The van der Waals surface area contributed by atoms with E-state index in [1.807, 2.05) is 6.92 Å². The molecule has 0 atom stereocenters. The molecule has 20 heavy (non-hydrogen) atoms. The van der Waals surface area contributed by atoms with Crippen molar-refractivity contribution >= 4 is 26.5 Å². The van der Waals surface area contributed by atoms with Crippen molar-refractivity contribution in [2.24, 2.45) is 0 Å². The highest BCUT2D eigenvalue weighted by Gasteiger charge is 2.41. The van der Waals surface area contributed by atoms with Gasteiger partial charge in [-0.3, -0.25) is 0 Å². The fourth-order valence-corrected chi connectivity index (χ4v) is 5.21. The van der Waals surface area contributed by atoms with Crippen molar-refractivity contribution in [2.75, 3.05) is 25.0 Å². The van der Waals surface area contributed by atoms with Crippen LogP contribution in [0.3, 0.4) is 0 Å². The lowest BCUT2D eigenvalue weighted by atomic mass is 10.1. The van der Waals surface area contributed by atoms with E-state index in [0.29, 0.717) is 0 Å². The molecule has 0 unspecified atom stereocenters. The molecule has 0 bridgehead atoms. The SMILES string of the molecule is Cc1nnc(N2CCC(N(C)S(=O)(=O)C3CC3)CC2)s1. The second kappa shape index (κ2) is 5.23. The molecule has 3 rings (SSSR count). The van der Waals surface area contributed by atoms with E-state index in [-0.39, 0.29) is 11.3 Å². The largest absolute Gasteiger partial charge is 0.347 e. The van der Waals surface area contributed by atoms with Gasteiger partial charge in [-0.2, -0.15) is 0 Å². The molecule has 6 nitrogen and oxygen atoms in total. The number of hydrogen-bond donors (Lipinski definition) is 0. The topological polar surface area (TPSA) is 66.4 Å². The van der Waals surface area contributed by atoms with Gasteiger partial charge in [-0.1, -0.05) is 11.3 Å². The summed E-state index contributed by atoms with van der Waals surface area (Å²) < 4.78 is 26.1. The van der Waals surface area contributed by atoms with E-state index in [1.54, 1.807) is 22.7 Å². The maximum absolute atomic E-state index is 12.2.